The highest BCUT2D eigenvalue weighted by Gasteiger charge is 2.02. The van der Waals surface area contributed by atoms with E-state index >= 15 is 0 Å². The van der Waals surface area contributed by atoms with Crippen LogP contribution in [0.3, 0.4) is 0 Å². The fraction of sp³-hybridized carbons (Fsp3) is 0.800. The molecule has 0 atom stereocenters. The first-order chi connectivity index (χ1) is 3.39. The van der Waals surface area contributed by atoms with E-state index in [0.717, 1.165) is 19.7 Å². The number of rotatable bonds is 0. The molecule has 1 radical (unpaired) electrons. The topological polar surface area (TPSA) is 12.5 Å². The number of likely N-dealkylation sites (N-methyl/N-ethyl adjacent to an activating group) is 1. The van der Waals surface area contributed by atoms with Crippen LogP contribution in [0.15, 0.2) is 0 Å². The summed E-state index contributed by atoms with van der Waals surface area (Å²) in [5.41, 5.74) is 0. The van der Waals surface area contributed by atoms with Gasteiger partial charge in [-0.05, 0) is 7.05 Å². The average Bonchev–Trinajstić information content (AvgIpc) is 1.69. The molecule has 1 saturated heterocycles. The molecule has 41 valence electrons. The summed E-state index contributed by atoms with van der Waals surface area (Å²) in [4.78, 5) is 2.21. The summed E-state index contributed by atoms with van der Waals surface area (Å²) < 4.78 is 4.97. The number of hydrogen-bond acceptors (Lipinski definition) is 2. The molecule has 0 amide bonds. The van der Waals surface area contributed by atoms with E-state index in [0.29, 0.717) is 0 Å². The van der Waals surface area contributed by atoms with E-state index in [1.54, 1.807) is 0 Å². The SMILES string of the molecule is CN1C[CH]OCC1. The maximum atomic E-state index is 4.97. The van der Waals surface area contributed by atoms with E-state index in [-0.39, 0.29) is 0 Å². The van der Waals surface area contributed by atoms with Crippen LogP contribution in [0.25, 0.3) is 0 Å². The summed E-state index contributed by atoms with van der Waals surface area (Å²) in [7, 11) is 2.08. The van der Waals surface area contributed by atoms with Crippen LogP contribution in [-0.2, 0) is 4.74 Å². The lowest BCUT2D eigenvalue weighted by atomic mass is 10.5. The molecule has 1 aliphatic heterocycles. The van der Waals surface area contributed by atoms with Gasteiger partial charge in [-0.1, -0.05) is 0 Å². The number of ether oxygens (including phenoxy) is 1. The monoisotopic (exact) mass is 100 g/mol. The van der Waals surface area contributed by atoms with E-state index in [2.05, 4.69) is 11.9 Å². The second-order valence-corrected chi connectivity index (χ2v) is 1.80. The third kappa shape index (κ3) is 1.45. The summed E-state index contributed by atoms with van der Waals surface area (Å²) in [5, 5.41) is 0. The van der Waals surface area contributed by atoms with Crippen molar-refractivity contribution >= 4 is 0 Å². The predicted octanol–water partition coefficient (Wildman–Crippen LogP) is 0.110. The Bertz CT molecular complexity index is 50.0. The Morgan fingerprint density at radius 3 is 2.86 bits per heavy atom. The summed E-state index contributed by atoms with van der Waals surface area (Å²) in [5.74, 6) is 0. The third-order valence-corrected chi connectivity index (χ3v) is 1.09. The van der Waals surface area contributed by atoms with Crippen LogP contribution in [0.2, 0.25) is 0 Å². The van der Waals surface area contributed by atoms with Gasteiger partial charge in [0.25, 0.3) is 0 Å². The van der Waals surface area contributed by atoms with E-state index in [1.165, 1.54) is 0 Å². The minimum atomic E-state index is 0.858. The van der Waals surface area contributed by atoms with Crippen LogP contribution in [0.1, 0.15) is 0 Å². The molecule has 0 aromatic heterocycles. The van der Waals surface area contributed by atoms with Gasteiger partial charge in [0.2, 0.25) is 0 Å². The van der Waals surface area contributed by atoms with Gasteiger partial charge in [-0.25, -0.2) is 0 Å². The minimum Gasteiger partial charge on any atom is -0.373 e. The largest absolute Gasteiger partial charge is 0.373 e. The molecule has 0 N–H and O–H groups in total. The molecular formula is C5H10NO. The van der Waals surface area contributed by atoms with Crippen LogP contribution >= 0.6 is 0 Å². The van der Waals surface area contributed by atoms with Crippen molar-refractivity contribution in [3.63, 3.8) is 0 Å². The lowest BCUT2D eigenvalue weighted by Crippen LogP contribution is -2.29. The molecule has 0 bridgehead atoms. The fourth-order valence-corrected chi connectivity index (χ4v) is 0.563. The van der Waals surface area contributed by atoms with Crippen molar-refractivity contribution < 1.29 is 4.74 Å². The summed E-state index contributed by atoms with van der Waals surface area (Å²) >= 11 is 0. The average molecular weight is 100 g/mol. The standard InChI is InChI=1S/C5H10NO/c1-6-2-4-7-5-3-6/h4H,2-3,5H2,1H3. The molecular weight excluding hydrogens is 90.1 g/mol. The second kappa shape index (κ2) is 2.28. The van der Waals surface area contributed by atoms with Gasteiger partial charge in [0, 0.05) is 13.1 Å². The van der Waals surface area contributed by atoms with Crippen molar-refractivity contribution in [1.82, 2.24) is 4.90 Å². The molecule has 1 fully saturated rings. The summed E-state index contributed by atoms with van der Waals surface area (Å²) in [6.07, 6.45) is 0. The van der Waals surface area contributed by atoms with E-state index in [9.17, 15) is 0 Å². The van der Waals surface area contributed by atoms with Crippen LogP contribution in [0, 0.1) is 6.61 Å². The first-order valence-electron chi connectivity index (χ1n) is 2.51. The zero-order chi connectivity index (χ0) is 5.11. The highest BCUT2D eigenvalue weighted by atomic mass is 16.5. The molecule has 2 nitrogen and oxygen atoms in total. The van der Waals surface area contributed by atoms with Crippen LogP contribution in [-0.4, -0.2) is 31.6 Å². The Morgan fingerprint density at radius 1 is 1.71 bits per heavy atom. The third-order valence-electron chi connectivity index (χ3n) is 1.09. The molecule has 1 rings (SSSR count). The van der Waals surface area contributed by atoms with Gasteiger partial charge in [-0.3, -0.25) is 0 Å². The second-order valence-electron chi connectivity index (χ2n) is 1.80. The molecule has 2 heteroatoms. The van der Waals surface area contributed by atoms with E-state index < -0.39 is 0 Å². The number of hydrogen-bond donors (Lipinski definition) is 0. The molecule has 0 spiro atoms. The summed E-state index contributed by atoms with van der Waals surface area (Å²) in [6, 6.07) is 0. The smallest absolute Gasteiger partial charge is 0.0976 e. The highest BCUT2D eigenvalue weighted by molar-refractivity contribution is 4.63. The van der Waals surface area contributed by atoms with Gasteiger partial charge in [0.15, 0.2) is 0 Å². The van der Waals surface area contributed by atoms with Crippen molar-refractivity contribution in [2.24, 2.45) is 0 Å². The van der Waals surface area contributed by atoms with Crippen LogP contribution < -0.4 is 0 Å². The number of nitrogens with zero attached hydrogens (tertiary/aromatic N) is 1. The van der Waals surface area contributed by atoms with Gasteiger partial charge in [0.1, 0.15) is 0 Å². The van der Waals surface area contributed by atoms with Gasteiger partial charge in [-0.15, -0.1) is 0 Å². The van der Waals surface area contributed by atoms with Crippen LogP contribution in [0.4, 0.5) is 0 Å². The summed E-state index contributed by atoms with van der Waals surface area (Å²) in [6.45, 7) is 4.73. The highest BCUT2D eigenvalue weighted by Crippen LogP contribution is 1.94. The van der Waals surface area contributed by atoms with Crippen molar-refractivity contribution in [2.75, 3.05) is 26.7 Å². The van der Waals surface area contributed by atoms with E-state index in [1.807, 2.05) is 6.61 Å². The molecule has 0 aromatic carbocycles. The van der Waals surface area contributed by atoms with Crippen molar-refractivity contribution in [2.45, 2.75) is 0 Å². The molecule has 0 saturated carbocycles. The quantitative estimate of drug-likeness (QED) is 0.428. The molecule has 1 aliphatic rings. The Morgan fingerprint density at radius 2 is 2.57 bits per heavy atom. The normalized spacial score (nSPS) is 25.3. The van der Waals surface area contributed by atoms with Gasteiger partial charge in [-0.2, -0.15) is 0 Å². The van der Waals surface area contributed by atoms with Crippen LogP contribution in [0.5, 0.6) is 0 Å². The molecule has 1 heterocycles. The van der Waals surface area contributed by atoms with Gasteiger partial charge >= 0.3 is 0 Å². The Kier molecular flexibility index (Phi) is 1.65. The molecule has 0 aromatic rings. The van der Waals surface area contributed by atoms with E-state index in [4.69, 9.17) is 4.74 Å². The number of morpholine rings is 1. The van der Waals surface area contributed by atoms with Gasteiger partial charge < -0.3 is 9.64 Å². The Labute approximate surface area is 44.1 Å². The Balaban J connectivity index is 2.12. The lowest BCUT2D eigenvalue weighted by Gasteiger charge is -2.20. The van der Waals surface area contributed by atoms with Crippen molar-refractivity contribution in [3.8, 4) is 0 Å². The predicted molar refractivity (Wildman–Crippen MR) is 27.7 cm³/mol. The van der Waals surface area contributed by atoms with Crippen molar-refractivity contribution in [3.05, 3.63) is 6.61 Å². The lowest BCUT2D eigenvalue weighted by molar-refractivity contribution is 0.101. The fourth-order valence-electron chi connectivity index (χ4n) is 0.563. The van der Waals surface area contributed by atoms with Crippen molar-refractivity contribution in [1.29, 1.82) is 0 Å². The molecule has 0 aliphatic carbocycles. The zero-order valence-corrected chi connectivity index (χ0v) is 4.55. The maximum absolute atomic E-state index is 4.97. The Hall–Kier alpha value is -0.0800. The first-order valence-corrected chi connectivity index (χ1v) is 2.51. The maximum Gasteiger partial charge on any atom is 0.0976 e. The zero-order valence-electron chi connectivity index (χ0n) is 4.55. The minimum absolute atomic E-state index is 0.858. The molecule has 0 unspecified atom stereocenters. The molecule has 7 heavy (non-hydrogen) atoms. The first kappa shape index (κ1) is 5.06. The van der Waals surface area contributed by atoms with Gasteiger partial charge in [0.05, 0.1) is 13.2 Å².